The largest absolute Gasteiger partial charge is 0.493 e. The predicted octanol–water partition coefficient (Wildman–Crippen LogP) is 6.86. The van der Waals surface area contributed by atoms with Gasteiger partial charge in [-0.2, -0.15) is 0 Å². The minimum atomic E-state index is -0.931. The minimum Gasteiger partial charge on any atom is -0.493 e. The van der Waals surface area contributed by atoms with Gasteiger partial charge in [0.05, 0.1) is 12.3 Å². The van der Waals surface area contributed by atoms with Crippen LogP contribution in [-0.2, 0) is 20.7 Å². The lowest BCUT2D eigenvalue weighted by Crippen LogP contribution is -2.46. The number of nitrogens with one attached hydrogen (secondary N) is 1. The fourth-order valence-electron chi connectivity index (χ4n) is 4.05. The Kier molecular flexibility index (Phi) is 10.9. The molecule has 0 fully saturated rings. The van der Waals surface area contributed by atoms with E-state index in [1.165, 1.54) is 0 Å². The molecule has 1 atom stereocenters. The van der Waals surface area contributed by atoms with E-state index >= 15 is 0 Å². The highest BCUT2D eigenvalue weighted by Gasteiger charge is 2.28. The molecule has 1 N–H and O–H groups in total. The van der Waals surface area contributed by atoms with E-state index in [4.69, 9.17) is 18.6 Å². The Hall–Kier alpha value is -4.14. The van der Waals surface area contributed by atoms with Gasteiger partial charge < -0.3 is 23.9 Å². The predicted molar refractivity (Wildman–Crippen MR) is 160 cm³/mol. The summed E-state index contributed by atoms with van der Waals surface area (Å²) in [4.78, 5) is 42.4. The van der Waals surface area contributed by atoms with Crippen molar-refractivity contribution in [1.29, 1.82) is 0 Å². The second kappa shape index (κ2) is 14.2. The van der Waals surface area contributed by atoms with Crippen molar-refractivity contribution in [2.45, 2.75) is 91.4 Å². The van der Waals surface area contributed by atoms with Crippen molar-refractivity contribution in [3.8, 4) is 17.2 Å². The molecule has 0 bridgehead atoms. The Morgan fingerprint density at radius 1 is 0.905 bits per heavy atom. The first-order valence-corrected chi connectivity index (χ1v) is 14.2. The number of esters is 1. The maximum atomic E-state index is 12.8. The highest BCUT2D eigenvalue weighted by molar-refractivity contribution is 5.96. The molecular formula is C33H42N2O7. The van der Waals surface area contributed by atoms with Crippen molar-refractivity contribution >= 4 is 17.8 Å². The van der Waals surface area contributed by atoms with Gasteiger partial charge in [0.1, 0.15) is 28.8 Å². The first kappa shape index (κ1) is 32.4. The Labute approximate surface area is 248 Å². The molecule has 1 heterocycles. The lowest BCUT2D eigenvalue weighted by molar-refractivity contribution is -0.157. The summed E-state index contributed by atoms with van der Waals surface area (Å²) in [5, 5.41) is 2.59. The Morgan fingerprint density at radius 2 is 1.55 bits per heavy atom. The van der Waals surface area contributed by atoms with Crippen molar-refractivity contribution in [2.24, 2.45) is 0 Å². The Bertz CT molecular complexity index is 1330. The van der Waals surface area contributed by atoms with Gasteiger partial charge in [-0.25, -0.2) is 14.6 Å². The number of nitrogens with zero attached hydrogens (tertiary/aromatic N) is 1. The monoisotopic (exact) mass is 578 g/mol. The fourth-order valence-corrected chi connectivity index (χ4v) is 4.05. The zero-order chi connectivity index (χ0) is 30.9. The lowest BCUT2D eigenvalue weighted by atomic mass is 10.0. The second-order valence-electron chi connectivity index (χ2n) is 12.1. The van der Waals surface area contributed by atoms with E-state index < -0.39 is 29.3 Å². The van der Waals surface area contributed by atoms with Crippen LogP contribution in [-0.4, -0.2) is 46.7 Å². The summed E-state index contributed by atoms with van der Waals surface area (Å²) in [6, 6.07) is 15.8. The molecule has 0 aliphatic heterocycles. The number of benzene rings is 2. The van der Waals surface area contributed by atoms with E-state index in [2.05, 4.69) is 10.3 Å². The van der Waals surface area contributed by atoms with Gasteiger partial charge in [0.15, 0.2) is 5.78 Å². The highest BCUT2D eigenvalue weighted by Crippen LogP contribution is 2.22. The molecule has 3 aromatic rings. The van der Waals surface area contributed by atoms with Crippen LogP contribution in [0.1, 0.15) is 82.6 Å². The lowest BCUT2D eigenvalue weighted by Gasteiger charge is -2.26. The molecule has 0 unspecified atom stereocenters. The number of alkyl carbamates (subject to hydrolysis) is 1. The minimum absolute atomic E-state index is 0.0755. The van der Waals surface area contributed by atoms with Gasteiger partial charge in [-0.15, -0.1) is 0 Å². The van der Waals surface area contributed by atoms with Crippen molar-refractivity contribution in [3.05, 3.63) is 71.6 Å². The molecule has 42 heavy (non-hydrogen) atoms. The first-order chi connectivity index (χ1) is 19.7. The zero-order valence-electron chi connectivity index (χ0n) is 25.6. The van der Waals surface area contributed by atoms with Crippen LogP contribution in [0.25, 0.3) is 11.5 Å². The molecule has 0 aliphatic carbocycles. The number of ketones is 1. The molecule has 9 heteroatoms. The first-order valence-electron chi connectivity index (χ1n) is 14.2. The standard InChI is InChI=1S/C33H42N2O7/c1-22-26(34-29(40-22)24-12-9-8-10-13-24)20-21-39-25-18-16-23(17-19-25)28(36)15-11-14-27(30(37)41-32(2,3)4)35-31(38)42-33(5,6)7/h8-10,12-13,16-19,27H,11,14-15,20-21H2,1-7H3,(H,35,38)/t27-/m0/s1. The van der Waals surface area contributed by atoms with Gasteiger partial charge in [-0.1, -0.05) is 18.2 Å². The van der Waals surface area contributed by atoms with Gasteiger partial charge in [-0.05, 0) is 97.7 Å². The van der Waals surface area contributed by atoms with E-state index in [0.29, 0.717) is 36.7 Å². The van der Waals surface area contributed by atoms with Crippen molar-refractivity contribution in [1.82, 2.24) is 10.3 Å². The summed E-state index contributed by atoms with van der Waals surface area (Å²) in [6.45, 7) is 12.8. The molecule has 226 valence electrons. The smallest absolute Gasteiger partial charge is 0.408 e. The second-order valence-corrected chi connectivity index (χ2v) is 12.1. The number of carbonyl (C=O) groups excluding carboxylic acids is 3. The molecule has 1 aromatic heterocycles. The van der Waals surface area contributed by atoms with Crippen molar-refractivity contribution in [2.75, 3.05) is 6.61 Å². The number of Topliss-reactive ketones (excluding diaryl/α,β-unsaturated/α-hetero) is 1. The number of rotatable bonds is 12. The van der Waals surface area contributed by atoms with Crippen LogP contribution in [0.4, 0.5) is 4.79 Å². The quantitative estimate of drug-likeness (QED) is 0.183. The maximum absolute atomic E-state index is 12.8. The Balaban J connectivity index is 1.49. The molecule has 1 amide bonds. The summed E-state index contributed by atoms with van der Waals surface area (Å²) in [5.74, 6) is 1.34. The molecular weight excluding hydrogens is 536 g/mol. The molecule has 0 aliphatic rings. The molecule has 3 rings (SSSR count). The van der Waals surface area contributed by atoms with Crippen LogP contribution in [0.5, 0.6) is 5.75 Å². The summed E-state index contributed by atoms with van der Waals surface area (Å²) < 4.78 is 22.4. The summed E-state index contributed by atoms with van der Waals surface area (Å²) in [7, 11) is 0. The maximum Gasteiger partial charge on any atom is 0.408 e. The van der Waals surface area contributed by atoms with Crippen LogP contribution in [0.2, 0.25) is 0 Å². The third-order valence-corrected chi connectivity index (χ3v) is 5.98. The van der Waals surface area contributed by atoms with E-state index in [-0.39, 0.29) is 18.6 Å². The molecule has 9 nitrogen and oxygen atoms in total. The number of hydrogen-bond acceptors (Lipinski definition) is 8. The molecule has 0 spiro atoms. The molecule has 0 saturated heterocycles. The summed E-state index contributed by atoms with van der Waals surface area (Å²) >= 11 is 0. The number of aromatic nitrogens is 1. The zero-order valence-corrected chi connectivity index (χ0v) is 25.6. The van der Waals surface area contributed by atoms with Gasteiger partial charge >= 0.3 is 12.1 Å². The van der Waals surface area contributed by atoms with Gasteiger partial charge in [-0.3, -0.25) is 4.79 Å². The van der Waals surface area contributed by atoms with Gasteiger partial charge in [0.25, 0.3) is 0 Å². The summed E-state index contributed by atoms with van der Waals surface area (Å²) in [6.07, 6.45) is 0.674. The Morgan fingerprint density at radius 3 is 2.17 bits per heavy atom. The van der Waals surface area contributed by atoms with Crippen LogP contribution in [0, 0.1) is 6.92 Å². The van der Waals surface area contributed by atoms with E-state index in [0.717, 1.165) is 17.0 Å². The molecule has 2 aromatic carbocycles. The van der Waals surface area contributed by atoms with E-state index in [1.54, 1.807) is 65.8 Å². The number of aryl methyl sites for hydroxylation is 1. The van der Waals surface area contributed by atoms with Gasteiger partial charge in [0, 0.05) is 24.0 Å². The van der Waals surface area contributed by atoms with Crippen LogP contribution in [0.3, 0.4) is 0 Å². The third kappa shape index (κ3) is 10.7. The molecule has 0 radical (unpaired) electrons. The van der Waals surface area contributed by atoms with Crippen molar-refractivity contribution < 1.29 is 33.0 Å². The third-order valence-electron chi connectivity index (χ3n) is 5.98. The SMILES string of the molecule is Cc1oc(-c2ccccc2)nc1CCOc1ccc(C(=O)CCC[C@H](NC(=O)OC(C)(C)C)C(=O)OC(C)(C)C)cc1. The van der Waals surface area contributed by atoms with Crippen LogP contribution in [0.15, 0.2) is 59.0 Å². The number of hydrogen-bond donors (Lipinski definition) is 1. The van der Waals surface area contributed by atoms with E-state index in [1.807, 2.05) is 37.3 Å². The fraction of sp³-hybridized carbons (Fsp3) is 0.455. The number of ether oxygens (including phenoxy) is 3. The number of amides is 1. The van der Waals surface area contributed by atoms with Crippen molar-refractivity contribution in [3.63, 3.8) is 0 Å². The van der Waals surface area contributed by atoms with E-state index in [9.17, 15) is 14.4 Å². The molecule has 0 saturated carbocycles. The topological polar surface area (TPSA) is 117 Å². The normalized spacial score (nSPS) is 12.4. The average molecular weight is 579 g/mol. The highest BCUT2D eigenvalue weighted by atomic mass is 16.6. The summed E-state index contributed by atoms with van der Waals surface area (Å²) in [5.41, 5.74) is 0.870. The number of oxazole rings is 1. The van der Waals surface area contributed by atoms with Crippen LogP contribution < -0.4 is 10.1 Å². The average Bonchev–Trinajstić information content (AvgIpc) is 3.27. The van der Waals surface area contributed by atoms with Crippen LogP contribution >= 0.6 is 0 Å². The number of carbonyl (C=O) groups is 3. The van der Waals surface area contributed by atoms with Gasteiger partial charge in [0.2, 0.25) is 5.89 Å².